The summed E-state index contributed by atoms with van der Waals surface area (Å²) in [4.78, 5) is 16.7. The molecule has 10 nitrogen and oxygen atoms in total. The number of hydrogen-bond donors (Lipinski definition) is 1. The second-order valence-electron chi connectivity index (χ2n) is 5.97. The van der Waals surface area contributed by atoms with E-state index in [-0.39, 0.29) is 12.3 Å². The topological polar surface area (TPSA) is 124 Å². The number of nitrogens with zero attached hydrogens (tertiary/aromatic N) is 4. The fourth-order valence-corrected chi connectivity index (χ4v) is 2.54. The number of aromatic nitrogens is 2. The number of methoxy groups -OCH3 is 2. The lowest BCUT2D eigenvalue weighted by molar-refractivity contribution is -0.384. The molecule has 1 aromatic heterocycles. The number of rotatable bonds is 12. The maximum absolute atomic E-state index is 10.9. The molecule has 0 aliphatic carbocycles. The first-order valence-electron chi connectivity index (χ1n) is 8.49. The number of aliphatic hydroxyl groups excluding tert-OH is 1. The molecule has 2 rings (SSSR count). The average Bonchev–Trinajstić information content (AvgIpc) is 3.13. The Labute approximate surface area is 156 Å². The molecule has 10 heteroatoms. The Kier molecular flexibility index (Phi) is 8.27. The lowest BCUT2D eigenvalue weighted by atomic mass is 10.2. The van der Waals surface area contributed by atoms with Crippen molar-refractivity contribution < 1.29 is 24.0 Å². The van der Waals surface area contributed by atoms with Crippen molar-refractivity contribution in [3.63, 3.8) is 0 Å². The molecule has 2 aromatic rings. The standard InChI is InChI=1S/C17H24N4O6/c1-25-9-8-20(11-15(22)12-26-2)7-6-16-18-17(19-27-16)13-4-3-5-14(10-13)21(23)24/h3-5,10,15,22H,6-9,11-12H2,1-2H3/t15-/m0/s1. The zero-order valence-corrected chi connectivity index (χ0v) is 15.4. The van der Waals surface area contributed by atoms with Gasteiger partial charge in [0.15, 0.2) is 0 Å². The molecule has 0 spiro atoms. The van der Waals surface area contributed by atoms with E-state index in [4.69, 9.17) is 14.0 Å². The number of benzene rings is 1. The van der Waals surface area contributed by atoms with E-state index in [0.717, 1.165) is 0 Å². The summed E-state index contributed by atoms with van der Waals surface area (Å²) in [6.45, 7) is 2.44. The molecule has 0 unspecified atom stereocenters. The molecule has 0 saturated heterocycles. The van der Waals surface area contributed by atoms with Gasteiger partial charge in [-0.25, -0.2) is 0 Å². The molecular formula is C17H24N4O6. The van der Waals surface area contributed by atoms with Gasteiger partial charge in [-0.1, -0.05) is 17.3 Å². The van der Waals surface area contributed by atoms with E-state index >= 15 is 0 Å². The Morgan fingerprint density at radius 3 is 2.85 bits per heavy atom. The highest BCUT2D eigenvalue weighted by Crippen LogP contribution is 2.21. The van der Waals surface area contributed by atoms with Crippen molar-refractivity contribution in [3.8, 4) is 11.4 Å². The molecule has 0 fully saturated rings. The fraction of sp³-hybridized carbons (Fsp3) is 0.529. The van der Waals surface area contributed by atoms with E-state index in [2.05, 4.69) is 10.1 Å². The van der Waals surface area contributed by atoms with E-state index in [1.54, 1.807) is 19.2 Å². The number of aliphatic hydroxyl groups is 1. The predicted molar refractivity (Wildman–Crippen MR) is 96.3 cm³/mol. The molecule has 27 heavy (non-hydrogen) atoms. The van der Waals surface area contributed by atoms with Crippen LogP contribution in [0.4, 0.5) is 5.69 Å². The van der Waals surface area contributed by atoms with Crippen LogP contribution in [0.1, 0.15) is 5.89 Å². The minimum atomic E-state index is -0.602. The van der Waals surface area contributed by atoms with Crippen LogP contribution in [0.25, 0.3) is 11.4 Å². The summed E-state index contributed by atoms with van der Waals surface area (Å²) in [7, 11) is 3.16. The lowest BCUT2D eigenvalue weighted by Gasteiger charge is -2.23. The zero-order chi connectivity index (χ0) is 19.6. The Balaban J connectivity index is 1.98. The second-order valence-corrected chi connectivity index (χ2v) is 5.97. The Morgan fingerprint density at radius 2 is 2.15 bits per heavy atom. The van der Waals surface area contributed by atoms with Crippen LogP contribution in [-0.4, -0.2) is 78.2 Å². The highest BCUT2D eigenvalue weighted by Gasteiger charge is 2.15. The predicted octanol–water partition coefficient (Wildman–Crippen LogP) is 1.14. The maximum atomic E-state index is 10.9. The first kappa shape index (κ1) is 20.9. The van der Waals surface area contributed by atoms with Gasteiger partial charge in [0, 0.05) is 58.0 Å². The quantitative estimate of drug-likeness (QED) is 0.426. The molecule has 0 radical (unpaired) electrons. The van der Waals surface area contributed by atoms with Crippen LogP contribution in [0.2, 0.25) is 0 Å². The molecule has 0 amide bonds. The third kappa shape index (κ3) is 6.68. The van der Waals surface area contributed by atoms with Crippen LogP contribution in [0.15, 0.2) is 28.8 Å². The smallest absolute Gasteiger partial charge is 0.270 e. The molecule has 0 aliphatic rings. The van der Waals surface area contributed by atoms with Gasteiger partial charge in [0.25, 0.3) is 5.69 Å². The van der Waals surface area contributed by atoms with Gasteiger partial charge in [-0.2, -0.15) is 4.98 Å². The van der Waals surface area contributed by atoms with E-state index in [0.29, 0.717) is 49.9 Å². The highest BCUT2D eigenvalue weighted by atomic mass is 16.6. The van der Waals surface area contributed by atoms with Crippen LogP contribution in [0.3, 0.4) is 0 Å². The summed E-state index contributed by atoms with van der Waals surface area (Å²) < 4.78 is 15.3. The summed E-state index contributed by atoms with van der Waals surface area (Å²) >= 11 is 0. The molecule has 0 bridgehead atoms. The van der Waals surface area contributed by atoms with Crippen LogP contribution < -0.4 is 0 Å². The SMILES string of the molecule is COCCN(CCc1nc(-c2cccc([N+](=O)[O-])c2)no1)C[C@H](O)COC. The summed E-state index contributed by atoms with van der Waals surface area (Å²) in [6, 6.07) is 6.07. The lowest BCUT2D eigenvalue weighted by Crippen LogP contribution is -2.38. The largest absolute Gasteiger partial charge is 0.389 e. The zero-order valence-electron chi connectivity index (χ0n) is 15.4. The van der Waals surface area contributed by atoms with Crippen LogP contribution in [-0.2, 0) is 15.9 Å². The minimum Gasteiger partial charge on any atom is -0.389 e. The van der Waals surface area contributed by atoms with Gasteiger partial charge in [0.05, 0.1) is 24.2 Å². The minimum absolute atomic E-state index is 0.0308. The van der Waals surface area contributed by atoms with Gasteiger partial charge in [-0.05, 0) is 0 Å². The summed E-state index contributed by atoms with van der Waals surface area (Å²) in [5.74, 6) is 0.719. The second kappa shape index (κ2) is 10.7. The third-order valence-electron chi connectivity index (χ3n) is 3.86. The molecular weight excluding hydrogens is 356 g/mol. The number of nitro groups is 1. The van der Waals surface area contributed by atoms with Crippen molar-refractivity contribution in [2.45, 2.75) is 12.5 Å². The summed E-state index contributed by atoms with van der Waals surface area (Å²) in [5, 5.41) is 24.7. The van der Waals surface area contributed by atoms with E-state index in [9.17, 15) is 15.2 Å². The van der Waals surface area contributed by atoms with Gasteiger partial charge in [0.2, 0.25) is 11.7 Å². The van der Waals surface area contributed by atoms with Gasteiger partial charge >= 0.3 is 0 Å². The molecule has 1 aromatic carbocycles. The number of non-ortho nitro benzene ring substituents is 1. The molecule has 1 heterocycles. The van der Waals surface area contributed by atoms with Crippen LogP contribution in [0, 0.1) is 10.1 Å². The molecule has 1 N–H and O–H groups in total. The van der Waals surface area contributed by atoms with Crippen molar-refractivity contribution in [1.29, 1.82) is 0 Å². The monoisotopic (exact) mass is 380 g/mol. The van der Waals surface area contributed by atoms with Crippen LogP contribution in [0.5, 0.6) is 0 Å². The van der Waals surface area contributed by atoms with Crippen molar-refractivity contribution >= 4 is 5.69 Å². The van der Waals surface area contributed by atoms with Gasteiger partial charge in [0.1, 0.15) is 0 Å². The van der Waals surface area contributed by atoms with Crippen LogP contribution >= 0.6 is 0 Å². The van der Waals surface area contributed by atoms with Gasteiger partial charge < -0.3 is 19.1 Å². The van der Waals surface area contributed by atoms with E-state index in [1.807, 2.05) is 4.90 Å². The van der Waals surface area contributed by atoms with Crippen molar-refractivity contribution in [2.24, 2.45) is 0 Å². The normalized spacial score (nSPS) is 12.4. The molecule has 148 valence electrons. The van der Waals surface area contributed by atoms with Gasteiger partial charge in [-0.15, -0.1) is 0 Å². The Bertz CT molecular complexity index is 723. The number of nitro benzene ring substituents is 1. The van der Waals surface area contributed by atoms with E-state index < -0.39 is 11.0 Å². The van der Waals surface area contributed by atoms with Crippen molar-refractivity contribution in [1.82, 2.24) is 15.0 Å². The van der Waals surface area contributed by atoms with Gasteiger partial charge in [-0.3, -0.25) is 15.0 Å². The maximum Gasteiger partial charge on any atom is 0.270 e. The first-order chi connectivity index (χ1) is 13.0. The Morgan fingerprint density at radius 1 is 1.33 bits per heavy atom. The number of ether oxygens (including phenoxy) is 2. The first-order valence-corrected chi connectivity index (χ1v) is 8.49. The van der Waals surface area contributed by atoms with E-state index in [1.165, 1.54) is 19.2 Å². The Hall–Kier alpha value is -2.40. The average molecular weight is 380 g/mol. The molecule has 0 saturated carbocycles. The van der Waals surface area contributed by atoms with Crippen molar-refractivity contribution in [3.05, 3.63) is 40.3 Å². The summed E-state index contributed by atoms with van der Waals surface area (Å²) in [6.07, 6.45) is -0.124. The molecule has 1 atom stereocenters. The number of hydrogen-bond acceptors (Lipinski definition) is 9. The van der Waals surface area contributed by atoms with Crippen molar-refractivity contribution in [2.75, 3.05) is 47.1 Å². The highest BCUT2D eigenvalue weighted by molar-refractivity contribution is 5.58. The third-order valence-corrected chi connectivity index (χ3v) is 3.86. The fourth-order valence-electron chi connectivity index (χ4n) is 2.54. The molecule has 0 aliphatic heterocycles. The summed E-state index contributed by atoms with van der Waals surface area (Å²) in [5.41, 5.74) is 0.489.